The van der Waals surface area contributed by atoms with Gasteiger partial charge in [0, 0.05) is 29.0 Å². The molecule has 4 nitrogen and oxygen atoms in total. The Balaban J connectivity index is 2.05. The van der Waals surface area contributed by atoms with E-state index >= 15 is 0 Å². The maximum absolute atomic E-state index is 5.66. The lowest BCUT2D eigenvalue weighted by molar-refractivity contribution is 0.484. The first kappa shape index (κ1) is 14.2. The van der Waals surface area contributed by atoms with Gasteiger partial charge in [0.25, 0.3) is 0 Å². The quantitative estimate of drug-likeness (QED) is 0.916. The summed E-state index contributed by atoms with van der Waals surface area (Å²) in [6.07, 6.45) is 0.748. The van der Waals surface area contributed by atoms with Gasteiger partial charge < -0.3 is 9.73 Å². The minimum Gasteiger partial charge on any atom is -0.421 e. The van der Waals surface area contributed by atoms with Crippen molar-refractivity contribution < 1.29 is 4.42 Å². The monoisotopic (exact) mass is 323 g/mol. The fourth-order valence-corrected chi connectivity index (χ4v) is 2.04. The van der Waals surface area contributed by atoms with E-state index < -0.39 is 0 Å². The highest BCUT2D eigenvalue weighted by molar-refractivity contribution is 9.10. The van der Waals surface area contributed by atoms with Crippen molar-refractivity contribution in [1.82, 2.24) is 15.5 Å². The average molecular weight is 324 g/mol. The average Bonchev–Trinajstić information content (AvgIpc) is 2.81. The minimum absolute atomic E-state index is 0.468. The summed E-state index contributed by atoms with van der Waals surface area (Å²) in [7, 11) is 0. The molecule has 0 atom stereocenters. The standard InChI is InChI=1S/C14H18BrN3O/c1-9(2)16-7-6-13-17-18-14(19-13)11-5-4-10(3)12(15)8-11/h4-5,8-9,16H,6-7H2,1-3H3. The fraction of sp³-hybridized carbons (Fsp3) is 0.429. The topological polar surface area (TPSA) is 51.0 Å². The molecule has 2 aromatic rings. The van der Waals surface area contributed by atoms with Crippen molar-refractivity contribution in [1.29, 1.82) is 0 Å². The molecule has 2 rings (SSSR count). The van der Waals surface area contributed by atoms with Gasteiger partial charge in [-0.3, -0.25) is 0 Å². The number of benzene rings is 1. The summed E-state index contributed by atoms with van der Waals surface area (Å²) >= 11 is 3.51. The van der Waals surface area contributed by atoms with Crippen molar-refractivity contribution in [3.05, 3.63) is 34.1 Å². The SMILES string of the molecule is Cc1ccc(-c2nnc(CCNC(C)C)o2)cc1Br. The second kappa shape index (κ2) is 6.30. The van der Waals surface area contributed by atoms with Crippen molar-refractivity contribution in [3.63, 3.8) is 0 Å². The largest absolute Gasteiger partial charge is 0.421 e. The van der Waals surface area contributed by atoms with E-state index in [1.165, 1.54) is 5.56 Å². The van der Waals surface area contributed by atoms with Crippen LogP contribution >= 0.6 is 15.9 Å². The highest BCUT2D eigenvalue weighted by atomic mass is 79.9. The molecular formula is C14H18BrN3O. The normalized spacial score (nSPS) is 11.2. The van der Waals surface area contributed by atoms with Gasteiger partial charge >= 0.3 is 0 Å². The molecule has 0 unspecified atom stereocenters. The Kier molecular flexibility index (Phi) is 4.71. The van der Waals surface area contributed by atoms with Crippen LogP contribution in [0, 0.1) is 6.92 Å². The molecule has 0 saturated carbocycles. The number of halogens is 1. The molecule has 1 heterocycles. The van der Waals surface area contributed by atoms with Gasteiger partial charge in [0.2, 0.25) is 11.8 Å². The first-order chi connectivity index (χ1) is 9.06. The molecule has 0 saturated heterocycles. The number of nitrogens with zero attached hydrogens (tertiary/aromatic N) is 2. The highest BCUT2D eigenvalue weighted by Gasteiger charge is 2.09. The van der Waals surface area contributed by atoms with Crippen LogP contribution in [0.3, 0.4) is 0 Å². The summed E-state index contributed by atoms with van der Waals surface area (Å²) in [5.41, 5.74) is 2.12. The molecule has 1 aromatic heterocycles. The molecule has 1 aromatic carbocycles. The number of hydrogen-bond donors (Lipinski definition) is 1. The molecule has 5 heteroatoms. The lowest BCUT2D eigenvalue weighted by Crippen LogP contribution is -2.25. The zero-order valence-electron chi connectivity index (χ0n) is 11.4. The molecule has 0 aliphatic rings. The van der Waals surface area contributed by atoms with Crippen molar-refractivity contribution >= 4 is 15.9 Å². The number of rotatable bonds is 5. The predicted molar refractivity (Wildman–Crippen MR) is 79.0 cm³/mol. The Labute approximate surface area is 121 Å². The van der Waals surface area contributed by atoms with E-state index in [1.54, 1.807) is 0 Å². The van der Waals surface area contributed by atoms with Crippen molar-refractivity contribution in [2.45, 2.75) is 33.2 Å². The zero-order valence-corrected chi connectivity index (χ0v) is 13.0. The van der Waals surface area contributed by atoms with Gasteiger partial charge in [-0.05, 0) is 24.6 Å². The molecule has 0 fully saturated rings. The van der Waals surface area contributed by atoms with Gasteiger partial charge in [-0.15, -0.1) is 10.2 Å². The molecule has 0 radical (unpaired) electrons. The summed E-state index contributed by atoms with van der Waals surface area (Å²) in [5, 5.41) is 11.5. The van der Waals surface area contributed by atoms with Crippen LogP contribution in [0.25, 0.3) is 11.5 Å². The minimum atomic E-state index is 0.468. The van der Waals surface area contributed by atoms with Crippen LogP contribution in [-0.4, -0.2) is 22.8 Å². The third-order valence-electron chi connectivity index (χ3n) is 2.78. The molecule has 0 spiro atoms. The molecular weight excluding hydrogens is 306 g/mol. The summed E-state index contributed by atoms with van der Waals surface area (Å²) in [4.78, 5) is 0. The lowest BCUT2D eigenvalue weighted by atomic mass is 10.1. The highest BCUT2D eigenvalue weighted by Crippen LogP contribution is 2.24. The maximum atomic E-state index is 5.66. The van der Waals surface area contributed by atoms with Crippen molar-refractivity contribution in [3.8, 4) is 11.5 Å². The molecule has 102 valence electrons. The van der Waals surface area contributed by atoms with Gasteiger partial charge in [0.15, 0.2) is 0 Å². The number of hydrogen-bond acceptors (Lipinski definition) is 4. The Morgan fingerprint density at radius 1 is 1.32 bits per heavy atom. The zero-order chi connectivity index (χ0) is 13.8. The van der Waals surface area contributed by atoms with E-state index in [1.807, 2.05) is 25.1 Å². The van der Waals surface area contributed by atoms with Gasteiger partial charge in [-0.1, -0.05) is 35.8 Å². The fourth-order valence-electron chi connectivity index (χ4n) is 1.66. The van der Waals surface area contributed by atoms with Crippen LogP contribution in [0.15, 0.2) is 27.1 Å². The number of nitrogens with one attached hydrogen (secondary N) is 1. The van der Waals surface area contributed by atoms with Crippen LogP contribution < -0.4 is 5.32 Å². The van der Waals surface area contributed by atoms with Crippen LogP contribution in [0.1, 0.15) is 25.3 Å². The van der Waals surface area contributed by atoms with Crippen LogP contribution in [-0.2, 0) is 6.42 Å². The predicted octanol–water partition coefficient (Wildman–Crippen LogP) is 3.35. The van der Waals surface area contributed by atoms with E-state index in [9.17, 15) is 0 Å². The Hall–Kier alpha value is -1.20. The molecule has 0 aliphatic carbocycles. The van der Waals surface area contributed by atoms with Crippen LogP contribution in [0.4, 0.5) is 0 Å². The van der Waals surface area contributed by atoms with Crippen molar-refractivity contribution in [2.24, 2.45) is 0 Å². The summed E-state index contributed by atoms with van der Waals surface area (Å²) in [6.45, 7) is 7.12. The molecule has 0 amide bonds. The van der Waals surface area contributed by atoms with Crippen LogP contribution in [0.2, 0.25) is 0 Å². The van der Waals surface area contributed by atoms with Crippen LogP contribution in [0.5, 0.6) is 0 Å². The summed E-state index contributed by atoms with van der Waals surface area (Å²) in [5.74, 6) is 1.24. The molecule has 1 N–H and O–H groups in total. The smallest absolute Gasteiger partial charge is 0.247 e. The Morgan fingerprint density at radius 3 is 2.79 bits per heavy atom. The second-order valence-corrected chi connectivity index (χ2v) is 5.68. The van der Waals surface area contributed by atoms with E-state index in [4.69, 9.17) is 4.42 Å². The third-order valence-corrected chi connectivity index (χ3v) is 3.63. The molecule has 0 bridgehead atoms. The molecule has 19 heavy (non-hydrogen) atoms. The molecule has 0 aliphatic heterocycles. The van der Waals surface area contributed by atoms with E-state index in [0.29, 0.717) is 17.8 Å². The number of aromatic nitrogens is 2. The Bertz CT molecular complexity index is 551. The van der Waals surface area contributed by atoms with Gasteiger partial charge in [-0.25, -0.2) is 0 Å². The maximum Gasteiger partial charge on any atom is 0.247 e. The van der Waals surface area contributed by atoms with E-state index in [0.717, 1.165) is 23.0 Å². The summed E-state index contributed by atoms with van der Waals surface area (Å²) < 4.78 is 6.71. The summed E-state index contributed by atoms with van der Waals surface area (Å²) in [6, 6.07) is 6.49. The first-order valence-electron chi connectivity index (χ1n) is 6.38. The first-order valence-corrected chi connectivity index (χ1v) is 7.18. The van der Waals surface area contributed by atoms with Gasteiger partial charge in [-0.2, -0.15) is 0 Å². The van der Waals surface area contributed by atoms with Gasteiger partial charge in [0.1, 0.15) is 0 Å². The van der Waals surface area contributed by atoms with E-state index in [-0.39, 0.29) is 0 Å². The van der Waals surface area contributed by atoms with Crippen molar-refractivity contribution in [2.75, 3.05) is 6.54 Å². The number of aryl methyl sites for hydroxylation is 1. The third kappa shape index (κ3) is 3.88. The Morgan fingerprint density at radius 2 is 2.11 bits per heavy atom. The van der Waals surface area contributed by atoms with Gasteiger partial charge in [0.05, 0.1) is 0 Å². The second-order valence-electron chi connectivity index (χ2n) is 4.82. The van der Waals surface area contributed by atoms with E-state index in [2.05, 4.69) is 45.3 Å². The lowest BCUT2D eigenvalue weighted by Gasteiger charge is -2.04.